The predicted octanol–water partition coefficient (Wildman–Crippen LogP) is 6.39. The fourth-order valence-corrected chi connectivity index (χ4v) is 8.48. The number of aromatic nitrogens is 1. The lowest BCUT2D eigenvalue weighted by Crippen LogP contribution is -2.52. The van der Waals surface area contributed by atoms with Crippen LogP contribution in [0.3, 0.4) is 0 Å². The zero-order valence-electron chi connectivity index (χ0n) is 27.4. The first-order chi connectivity index (χ1) is 24.1. The first-order valence-electron chi connectivity index (χ1n) is 16.1. The number of esters is 1. The molecule has 0 amide bonds. The Hall–Kier alpha value is -3.94. The van der Waals surface area contributed by atoms with Crippen LogP contribution < -0.4 is 19.5 Å². The number of nitrogens with zero attached hydrogens (tertiary/aromatic N) is 2. The van der Waals surface area contributed by atoms with Gasteiger partial charge >= 0.3 is 11.9 Å². The topological polar surface area (TPSA) is 124 Å². The molecule has 0 saturated carbocycles. The lowest BCUT2D eigenvalue weighted by atomic mass is 9.85. The molecule has 0 spiro atoms. The van der Waals surface area contributed by atoms with E-state index in [1.54, 1.807) is 42.5 Å². The highest BCUT2D eigenvalue weighted by Gasteiger charge is 2.38. The number of carbonyl (C=O) groups excluding carboxylic acids is 1. The van der Waals surface area contributed by atoms with Crippen LogP contribution in [0.1, 0.15) is 61.6 Å². The molecule has 0 radical (unpaired) electrons. The van der Waals surface area contributed by atoms with Crippen molar-refractivity contribution in [2.45, 2.75) is 43.9 Å². The number of ether oxygens (including phenoxy) is 3. The maximum atomic E-state index is 15.1. The van der Waals surface area contributed by atoms with Crippen molar-refractivity contribution < 1.29 is 38.0 Å². The van der Waals surface area contributed by atoms with Crippen molar-refractivity contribution in [2.75, 3.05) is 33.9 Å². The number of carboxylic acid groups (broad SMARTS) is 1. The fraction of sp³-hybridized carbons (Fsp3) is 0.361. The highest BCUT2D eigenvalue weighted by Crippen LogP contribution is 2.41. The molecule has 2 aromatic heterocycles. The van der Waals surface area contributed by atoms with Crippen molar-refractivity contribution in [3.63, 3.8) is 0 Å². The summed E-state index contributed by atoms with van der Waals surface area (Å²) >= 11 is 14.0. The summed E-state index contributed by atoms with van der Waals surface area (Å²) in [6.07, 6.45) is 4.14. The second-order valence-corrected chi connectivity index (χ2v) is 14.4. The van der Waals surface area contributed by atoms with Crippen molar-refractivity contribution in [2.24, 2.45) is 5.92 Å². The summed E-state index contributed by atoms with van der Waals surface area (Å²) in [7, 11) is 3.01. The summed E-state index contributed by atoms with van der Waals surface area (Å²) < 4.78 is 32.6. The second kappa shape index (κ2) is 15.5. The van der Waals surface area contributed by atoms with Crippen molar-refractivity contribution in [1.29, 1.82) is 0 Å². The average molecular weight is 745 g/mol. The molecule has 264 valence electrons. The van der Waals surface area contributed by atoms with Crippen molar-refractivity contribution in [3.8, 4) is 11.5 Å². The molecule has 0 aliphatic carbocycles. The van der Waals surface area contributed by atoms with E-state index in [-0.39, 0.29) is 45.5 Å². The molecule has 3 aliphatic rings. The summed E-state index contributed by atoms with van der Waals surface area (Å²) in [4.78, 5) is 29.4. The number of benzene rings is 2. The molecule has 50 heavy (non-hydrogen) atoms. The Morgan fingerprint density at radius 2 is 1.76 bits per heavy atom. The van der Waals surface area contributed by atoms with Gasteiger partial charge in [-0.2, -0.15) is 4.73 Å². The zero-order chi connectivity index (χ0) is 35.5. The Morgan fingerprint density at radius 1 is 1.06 bits per heavy atom. The number of hydrogen-bond donors (Lipinski definition) is 2. The molecule has 4 aromatic rings. The largest absolute Gasteiger partial charge is 0.619 e. The summed E-state index contributed by atoms with van der Waals surface area (Å²) in [5.41, 5.74) is 1.73. The van der Waals surface area contributed by atoms with Crippen LogP contribution in [-0.4, -0.2) is 61.9 Å². The third-order valence-electron chi connectivity index (χ3n) is 9.45. The molecule has 1 unspecified atom stereocenters. The van der Waals surface area contributed by atoms with E-state index in [1.165, 1.54) is 32.7 Å². The van der Waals surface area contributed by atoms with Crippen LogP contribution in [0.4, 0.5) is 4.39 Å². The van der Waals surface area contributed by atoms with Gasteiger partial charge in [0, 0.05) is 35.0 Å². The highest BCUT2D eigenvalue weighted by atomic mass is 35.5. The van der Waals surface area contributed by atoms with E-state index in [9.17, 15) is 19.9 Å². The predicted molar refractivity (Wildman–Crippen MR) is 187 cm³/mol. The van der Waals surface area contributed by atoms with E-state index < -0.39 is 29.7 Å². The number of carboxylic acids is 1. The average Bonchev–Trinajstić information content (AvgIpc) is 3.53. The normalized spacial score (nSPS) is 19.5. The fourth-order valence-electron chi connectivity index (χ4n) is 6.87. The minimum Gasteiger partial charge on any atom is -0.619 e. The first-order valence-corrected chi connectivity index (χ1v) is 17.7. The quantitative estimate of drug-likeness (QED) is 0.0912. The molecule has 2 bridgehead atoms. The van der Waals surface area contributed by atoms with Gasteiger partial charge in [0.1, 0.15) is 32.9 Å². The number of rotatable bonds is 13. The van der Waals surface area contributed by atoms with E-state index >= 15 is 4.39 Å². The molecule has 2 N–H and O–H groups in total. The molecule has 3 saturated heterocycles. The number of nitrogens with one attached hydrogen (secondary N) is 1. The monoisotopic (exact) mass is 743 g/mol. The van der Waals surface area contributed by atoms with Crippen LogP contribution in [0.5, 0.6) is 11.5 Å². The standard InChI is InChI=1S/C36H36Cl2FN3O7S/c1-47-30-8-7-21(13-31(30)48-2)24(15-26-27(37)17-42(46)18-28(26)38)25-14-22(50-34(25)35(43)44)16-40-33(23-5-3-4-6-29(23)39)36(45)49-32-19-41-11-9-20(32)10-12-41/h3-8,13-14,17-18,20,24,32-33,40H,9-12,15-16,19H2,1-2H3,(H,43,44)/t24-,32-,33?/m0/s1. The van der Waals surface area contributed by atoms with Crippen molar-refractivity contribution in [1.82, 2.24) is 10.2 Å². The first kappa shape index (κ1) is 35.9. The minimum absolute atomic E-state index is 0.0426. The number of thiophene rings is 1. The van der Waals surface area contributed by atoms with Crippen LogP contribution in [0.15, 0.2) is 60.9 Å². The molecule has 5 heterocycles. The van der Waals surface area contributed by atoms with Crippen molar-refractivity contribution >= 4 is 46.5 Å². The number of pyridine rings is 1. The number of fused-ring (bicyclic) bond motifs is 3. The number of aromatic carboxylic acids is 1. The Balaban J connectivity index is 1.34. The van der Waals surface area contributed by atoms with Crippen LogP contribution in [0.25, 0.3) is 0 Å². The number of carbonyl (C=O) groups is 2. The molecule has 14 heteroatoms. The summed E-state index contributed by atoms with van der Waals surface area (Å²) in [6.45, 7) is 2.65. The highest BCUT2D eigenvalue weighted by molar-refractivity contribution is 7.14. The second-order valence-electron chi connectivity index (χ2n) is 12.4. The third-order valence-corrected chi connectivity index (χ3v) is 11.2. The van der Waals surface area contributed by atoms with Crippen LogP contribution in [-0.2, 0) is 22.5 Å². The SMILES string of the molecule is COc1ccc([C@H](Cc2c(Cl)c[n+]([O-])cc2Cl)c2cc(CNC(C(=O)O[C@H]3CN4CCC3CC4)c3ccccc3F)sc2C(=O)O)cc1OC. The maximum Gasteiger partial charge on any atom is 0.346 e. The van der Waals surface area contributed by atoms with E-state index in [1.807, 2.05) is 0 Å². The molecule has 2 aromatic carbocycles. The molecular formula is C36H36Cl2FN3O7S. The Morgan fingerprint density at radius 3 is 2.38 bits per heavy atom. The number of halogens is 3. The van der Waals surface area contributed by atoms with Gasteiger partial charge in [0.25, 0.3) is 0 Å². The van der Waals surface area contributed by atoms with Gasteiger partial charge in [0.2, 0.25) is 0 Å². The maximum absolute atomic E-state index is 15.1. The number of methoxy groups -OCH3 is 2. The van der Waals surface area contributed by atoms with Crippen molar-refractivity contribution in [3.05, 3.63) is 114 Å². The zero-order valence-corrected chi connectivity index (χ0v) is 29.7. The van der Waals surface area contributed by atoms with Gasteiger partial charge in [-0.1, -0.05) is 47.5 Å². The summed E-state index contributed by atoms with van der Waals surface area (Å²) in [5, 5.41) is 25.8. The van der Waals surface area contributed by atoms with Gasteiger partial charge in [-0.15, -0.1) is 11.3 Å². The Kier molecular flexibility index (Phi) is 11.1. The molecule has 7 rings (SSSR count). The van der Waals surface area contributed by atoms with Gasteiger partial charge in [-0.3, -0.25) is 10.2 Å². The lowest BCUT2D eigenvalue weighted by Gasteiger charge is -2.44. The van der Waals surface area contributed by atoms with E-state index in [4.69, 9.17) is 37.4 Å². The summed E-state index contributed by atoms with van der Waals surface area (Å²) in [5.74, 6) is -1.74. The number of hydrogen-bond acceptors (Lipinski definition) is 9. The van der Waals surface area contributed by atoms with Gasteiger partial charge in [-0.05, 0) is 73.7 Å². The minimum atomic E-state index is -1.16. The molecular weight excluding hydrogens is 708 g/mol. The van der Waals surface area contributed by atoms with E-state index in [0.717, 1.165) is 37.3 Å². The van der Waals surface area contributed by atoms with Crippen LogP contribution >= 0.6 is 34.5 Å². The molecule has 3 atom stereocenters. The van der Waals surface area contributed by atoms with E-state index in [2.05, 4.69) is 10.2 Å². The molecule has 3 fully saturated rings. The molecule has 10 nitrogen and oxygen atoms in total. The van der Waals surface area contributed by atoms with Crippen LogP contribution in [0.2, 0.25) is 10.0 Å². The van der Waals surface area contributed by atoms with Crippen LogP contribution in [0, 0.1) is 16.9 Å². The van der Waals surface area contributed by atoms with E-state index in [0.29, 0.717) is 44.3 Å². The number of piperidine rings is 3. The third kappa shape index (κ3) is 7.69. The smallest absolute Gasteiger partial charge is 0.346 e. The van der Waals surface area contributed by atoms with Gasteiger partial charge in [0.15, 0.2) is 23.9 Å². The van der Waals surface area contributed by atoms with Gasteiger partial charge < -0.3 is 24.5 Å². The van der Waals surface area contributed by atoms with Gasteiger partial charge in [0.05, 0.1) is 14.2 Å². The Labute approximate surface area is 302 Å². The lowest BCUT2D eigenvalue weighted by molar-refractivity contribution is -0.605. The summed E-state index contributed by atoms with van der Waals surface area (Å²) in [6, 6.07) is 11.9. The Bertz CT molecular complexity index is 1860. The van der Waals surface area contributed by atoms with Gasteiger partial charge in [-0.25, -0.2) is 14.0 Å². The molecule has 3 aliphatic heterocycles.